The van der Waals surface area contributed by atoms with Crippen molar-refractivity contribution in [3.63, 3.8) is 0 Å². The lowest BCUT2D eigenvalue weighted by Crippen LogP contribution is -2.52. The van der Waals surface area contributed by atoms with Crippen LogP contribution in [0.5, 0.6) is 11.5 Å². The fourth-order valence-corrected chi connectivity index (χ4v) is 3.26. The summed E-state index contributed by atoms with van der Waals surface area (Å²) in [4.78, 5) is 23.1. The van der Waals surface area contributed by atoms with Gasteiger partial charge in [0.2, 0.25) is 12.7 Å². The third-order valence-corrected chi connectivity index (χ3v) is 4.77. The van der Waals surface area contributed by atoms with E-state index in [0.717, 1.165) is 0 Å². The smallest absolute Gasteiger partial charge is 0.231 e. The van der Waals surface area contributed by atoms with Gasteiger partial charge in [-0.25, -0.2) is 14.6 Å². The van der Waals surface area contributed by atoms with E-state index in [0.29, 0.717) is 53.8 Å². The number of carbonyl (C=O) groups excluding carboxylic acids is 1. The molecular formula is C17H17N7O3. The summed E-state index contributed by atoms with van der Waals surface area (Å²) in [5.74, 6) is 1.89. The second-order valence-electron chi connectivity index (χ2n) is 6.43. The number of aryl methyl sites for hydroxylation is 1. The predicted molar refractivity (Wildman–Crippen MR) is 95.7 cm³/mol. The highest BCUT2D eigenvalue weighted by molar-refractivity contribution is 5.95. The van der Waals surface area contributed by atoms with Crippen LogP contribution < -0.4 is 19.7 Å². The highest BCUT2D eigenvalue weighted by atomic mass is 16.7. The van der Waals surface area contributed by atoms with E-state index in [9.17, 15) is 4.79 Å². The van der Waals surface area contributed by atoms with Crippen LogP contribution in [0.2, 0.25) is 0 Å². The van der Waals surface area contributed by atoms with Gasteiger partial charge in [0.25, 0.3) is 0 Å². The number of amides is 1. The minimum atomic E-state index is -0.123. The highest BCUT2D eigenvalue weighted by Crippen LogP contribution is 2.35. The van der Waals surface area contributed by atoms with E-state index >= 15 is 0 Å². The number of aromatic nitrogens is 5. The Labute approximate surface area is 154 Å². The van der Waals surface area contributed by atoms with Crippen molar-refractivity contribution < 1.29 is 14.3 Å². The summed E-state index contributed by atoms with van der Waals surface area (Å²) in [7, 11) is 0. The maximum Gasteiger partial charge on any atom is 0.231 e. The Morgan fingerprint density at radius 2 is 2.11 bits per heavy atom. The van der Waals surface area contributed by atoms with Gasteiger partial charge in [-0.1, -0.05) is 5.21 Å². The Hall–Kier alpha value is -3.43. The van der Waals surface area contributed by atoms with E-state index in [1.807, 2.05) is 11.8 Å². The third-order valence-electron chi connectivity index (χ3n) is 4.77. The van der Waals surface area contributed by atoms with Crippen LogP contribution >= 0.6 is 0 Å². The third kappa shape index (κ3) is 2.60. The highest BCUT2D eigenvalue weighted by Gasteiger charge is 2.35. The summed E-state index contributed by atoms with van der Waals surface area (Å²) >= 11 is 0. The standard InChI is InChI=1S/C17H17N7O3/c1-2-24-16-14(21-22-24)15(18-8-19-16)23-6-10(7-23)17(25)20-11-3-4-12-13(5-11)27-9-26-12/h3-5,8,10H,2,6-7,9H2,1H3,(H,20,25). The lowest BCUT2D eigenvalue weighted by molar-refractivity contribution is -0.120. The molecule has 2 aromatic heterocycles. The predicted octanol–water partition coefficient (Wildman–Crippen LogP) is 1.04. The van der Waals surface area contributed by atoms with Crippen molar-refractivity contribution in [3.8, 4) is 11.5 Å². The molecule has 0 radical (unpaired) electrons. The van der Waals surface area contributed by atoms with Crippen molar-refractivity contribution in [3.05, 3.63) is 24.5 Å². The van der Waals surface area contributed by atoms with Gasteiger partial charge >= 0.3 is 0 Å². The lowest BCUT2D eigenvalue weighted by Gasteiger charge is -2.38. The first-order valence-corrected chi connectivity index (χ1v) is 8.72. The Kier molecular flexibility index (Phi) is 3.56. The van der Waals surface area contributed by atoms with Crippen LogP contribution in [0.3, 0.4) is 0 Å². The molecule has 3 aromatic rings. The number of hydrogen-bond acceptors (Lipinski definition) is 8. The average Bonchev–Trinajstić information content (AvgIpc) is 3.26. The van der Waals surface area contributed by atoms with Gasteiger partial charge < -0.3 is 19.7 Å². The van der Waals surface area contributed by atoms with Crippen molar-refractivity contribution >= 4 is 28.6 Å². The molecule has 138 valence electrons. The number of ether oxygens (including phenoxy) is 2. The molecule has 4 heterocycles. The number of nitrogens with one attached hydrogen (secondary N) is 1. The number of carbonyl (C=O) groups is 1. The number of nitrogens with zero attached hydrogens (tertiary/aromatic N) is 6. The second kappa shape index (κ2) is 6.08. The van der Waals surface area contributed by atoms with Crippen LogP contribution in [0.1, 0.15) is 6.92 Å². The molecule has 10 heteroatoms. The molecule has 0 unspecified atom stereocenters. The molecule has 0 saturated carbocycles. The van der Waals surface area contributed by atoms with Gasteiger partial charge in [0.05, 0.1) is 5.92 Å². The molecule has 1 N–H and O–H groups in total. The Balaban J connectivity index is 1.27. The van der Waals surface area contributed by atoms with Crippen LogP contribution in [-0.2, 0) is 11.3 Å². The molecule has 27 heavy (non-hydrogen) atoms. The van der Waals surface area contributed by atoms with Gasteiger partial charge in [-0.05, 0) is 19.1 Å². The van der Waals surface area contributed by atoms with Crippen molar-refractivity contribution in [1.82, 2.24) is 25.0 Å². The van der Waals surface area contributed by atoms with Crippen LogP contribution in [0.25, 0.3) is 11.2 Å². The quantitative estimate of drug-likeness (QED) is 0.729. The minimum Gasteiger partial charge on any atom is -0.454 e. The molecule has 2 aliphatic rings. The second-order valence-corrected chi connectivity index (χ2v) is 6.43. The number of benzene rings is 1. The maximum absolute atomic E-state index is 12.5. The van der Waals surface area contributed by atoms with Gasteiger partial charge in [-0.15, -0.1) is 5.10 Å². The maximum atomic E-state index is 12.5. The summed E-state index contributed by atoms with van der Waals surface area (Å²) < 4.78 is 12.3. The van der Waals surface area contributed by atoms with Gasteiger partial charge in [-0.2, -0.15) is 0 Å². The zero-order valence-corrected chi connectivity index (χ0v) is 14.6. The molecule has 1 amide bonds. The molecule has 1 fully saturated rings. The zero-order chi connectivity index (χ0) is 18.4. The largest absolute Gasteiger partial charge is 0.454 e. The summed E-state index contributed by atoms with van der Waals surface area (Å²) in [6.45, 7) is 4.02. The van der Waals surface area contributed by atoms with Crippen LogP contribution in [0.15, 0.2) is 24.5 Å². The first-order chi connectivity index (χ1) is 13.2. The zero-order valence-electron chi connectivity index (χ0n) is 14.6. The van der Waals surface area contributed by atoms with Gasteiger partial charge in [0.15, 0.2) is 28.5 Å². The first-order valence-electron chi connectivity index (χ1n) is 8.72. The Morgan fingerprint density at radius 3 is 2.96 bits per heavy atom. The Bertz CT molecular complexity index is 1030. The molecule has 0 spiro atoms. The van der Waals surface area contributed by atoms with Crippen molar-refractivity contribution in [1.29, 1.82) is 0 Å². The Morgan fingerprint density at radius 1 is 1.26 bits per heavy atom. The monoisotopic (exact) mass is 367 g/mol. The van der Waals surface area contributed by atoms with Crippen LogP contribution in [0.4, 0.5) is 11.5 Å². The number of hydrogen-bond donors (Lipinski definition) is 1. The van der Waals surface area contributed by atoms with Crippen molar-refractivity contribution in [2.24, 2.45) is 5.92 Å². The van der Waals surface area contributed by atoms with E-state index in [1.165, 1.54) is 6.33 Å². The van der Waals surface area contributed by atoms with Crippen molar-refractivity contribution in [2.45, 2.75) is 13.5 Å². The summed E-state index contributed by atoms with van der Waals surface area (Å²) in [5.41, 5.74) is 2.06. The minimum absolute atomic E-state index is 0.0346. The van der Waals surface area contributed by atoms with Gasteiger partial charge in [-0.3, -0.25) is 4.79 Å². The summed E-state index contributed by atoms with van der Waals surface area (Å²) in [6, 6.07) is 5.37. The molecule has 1 aromatic carbocycles. The van der Waals surface area contributed by atoms with Gasteiger partial charge in [0.1, 0.15) is 6.33 Å². The average molecular weight is 367 g/mol. The van der Waals surface area contributed by atoms with E-state index in [1.54, 1.807) is 22.9 Å². The van der Waals surface area contributed by atoms with E-state index in [4.69, 9.17) is 9.47 Å². The fourth-order valence-electron chi connectivity index (χ4n) is 3.26. The first kappa shape index (κ1) is 15.8. The molecule has 0 aliphatic carbocycles. The topological polar surface area (TPSA) is 107 Å². The molecule has 2 aliphatic heterocycles. The van der Waals surface area contributed by atoms with E-state index < -0.39 is 0 Å². The molecular weight excluding hydrogens is 350 g/mol. The summed E-state index contributed by atoms with van der Waals surface area (Å²) in [6.07, 6.45) is 1.51. The van der Waals surface area contributed by atoms with E-state index in [-0.39, 0.29) is 18.6 Å². The SMILES string of the molecule is CCn1nnc2c(N3CC(C(=O)Nc4ccc5c(c4)OCO5)C3)ncnc21. The molecule has 0 atom stereocenters. The van der Waals surface area contributed by atoms with Crippen LogP contribution in [-0.4, -0.2) is 50.8 Å². The molecule has 5 rings (SSSR count). The molecule has 1 saturated heterocycles. The molecule has 0 bridgehead atoms. The fraction of sp³-hybridized carbons (Fsp3) is 0.353. The number of rotatable bonds is 4. The number of fused-ring (bicyclic) bond motifs is 2. The van der Waals surface area contributed by atoms with Gasteiger partial charge in [0, 0.05) is 31.4 Å². The molecule has 10 nitrogen and oxygen atoms in total. The van der Waals surface area contributed by atoms with E-state index in [2.05, 4.69) is 25.6 Å². The van der Waals surface area contributed by atoms with Crippen LogP contribution in [0, 0.1) is 5.92 Å². The normalized spacial score (nSPS) is 15.8. The van der Waals surface area contributed by atoms with Crippen molar-refractivity contribution in [2.75, 3.05) is 30.1 Å². The summed E-state index contributed by atoms with van der Waals surface area (Å²) in [5, 5.41) is 11.2. The number of anilines is 2. The lowest BCUT2D eigenvalue weighted by atomic mass is 9.99.